The van der Waals surface area contributed by atoms with E-state index in [-0.39, 0.29) is 5.91 Å². The van der Waals surface area contributed by atoms with E-state index in [4.69, 9.17) is 14.5 Å². The molecule has 0 saturated heterocycles. The number of hydrogen-bond acceptors (Lipinski definition) is 5. The molecule has 0 atom stereocenters. The van der Waals surface area contributed by atoms with Crippen molar-refractivity contribution in [1.29, 1.82) is 0 Å². The average Bonchev–Trinajstić information content (AvgIpc) is 3.48. The van der Waals surface area contributed by atoms with Gasteiger partial charge in [0, 0.05) is 19.5 Å². The van der Waals surface area contributed by atoms with Crippen LogP contribution in [-0.4, -0.2) is 35.7 Å². The zero-order chi connectivity index (χ0) is 22.2. The lowest BCUT2D eigenvalue weighted by molar-refractivity contribution is 0.0958. The van der Waals surface area contributed by atoms with Crippen molar-refractivity contribution >= 4 is 28.3 Å². The van der Waals surface area contributed by atoms with Gasteiger partial charge in [-0.3, -0.25) is 4.79 Å². The maximum atomic E-state index is 12.2. The fourth-order valence-electron chi connectivity index (χ4n) is 3.58. The summed E-state index contributed by atoms with van der Waals surface area (Å²) in [5.41, 5.74) is 2.12. The monoisotopic (exact) mass is 449 g/mol. The largest absolute Gasteiger partial charge is 0.497 e. The minimum Gasteiger partial charge on any atom is -0.497 e. The molecule has 7 heteroatoms. The number of thiophene rings is 1. The molecular formula is C25H27N3O3S. The van der Waals surface area contributed by atoms with E-state index in [0.29, 0.717) is 19.6 Å². The van der Waals surface area contributed by atoms with Gasteiger partial charge in [0.2, 0.25) is 0 Å². The molecule has 32 heavy (non-hydrogen) atoms. The number of aryl methyl sites for hydroxylation is 1. The number of ether oxygens (including phenoxy) is 2. The summed E-state index contributed by atoms with van der Waals surface area (Å²) in [5, 5.41) is 4.91. The van der Waals surface area contributed by atoms with Gasteiger partial charge in [-0.1, -0.05) is 18.2 Å². The van der Waals surface area contributed by atoms with Gasteiger partial charge in [0.25, 0.3) is 5.91 Å². The number of nitrogens with zero attached hydrogens (tertiary/aromatic N) is 2. The summed E-state index contributed by atoms with van der Waals surface area (Å²) < 4.78 is 13.3. The highest BCUT2D eigenvalue weighted by molar-refractivity contribution is 7.12. The number of aromatic nitrogens is 2. The van der Waals surface area contributed by atoms with Crippen LogP contribution in [-0.2, 0) is 13.0 Å². The third-order valence-electron chi connectivity index (χ3n) is 5.22. The first-order valence-corrected chi connectivity index (χ1v) is 11.7. The SMILES string of the molecule is COc1ccc(OCCCCn2c(CCNC(=O)c3cccs3)nc3ccccc32)cc1. The van der Waals surface area contributed by atoms with Crippen LogP contribution in [0.4, 0.5) is 0 Å². The lowest BCUT2D eigenvalue weighted by Gasteiger charge is -2.11. The fourth-order valence-corrected chi connectivity index (χ4v) is 4.22. The van der Waals surface area contributed by atoms with Crippen molar-refractivity contribution < 1.29 is 14.3 Å². The zero-order valence-corrected chi connectivity index (χ0v) is 18.9. The zero-order valence-electron chi connectivity index (χ0n) is 18.1. The number of fused-ring (bicyclic) bond motifs is 1. The van der Waals surface area contributed by atoms with E-state index in [1.54, 1.807) is 7.11 Å². The predicted octanol–water partition coefficient (Wildman–Crippen LogP) is 4.94. The second-order valence-electron chi connectivity index (χ2n) is 7.38. The van der Waals surface area contributed by atoms with E-state index in [1.165, 1.54) is 11.3 Å². The quantitative estimate of drug-likeness (QED) is 0.330. The summed E-state index contributed by atoms with van der Waals surface area (Å²) in [7, 11) is 1.65. The second-order valence-corrected chi connectivity index (χ2v) is 8.33. The number of hydrogen-bond donors (Lipinski definition) is 1. The predicted molar refractivity (Wildman–Crippen MR) is 128 cm³/mol. The van der Waals surface area contributed by atoms with E-state index < -0.39 is 0 Å². The molecule has 166 valence electrons. The highest BCUT2D eigenvalue weighted by Gasteiger charge is 2.11. The Balaban J connectivity index is 1.31. The van der Waals surface area contributed by atoms with Crippen molar-refractivity contribution in [3.63, 3.8) is 0 Å². The molecule has 1 amide bonds. The van der Waals surface area contributed by atoms with E-state index in [9.17, 15) is 4.79 Å². The van der Waals surface area contributed by atoms with Crippen molar-refractivity contribution in [1.82, 2.24) is 14.9 Å². The third kappa shape index (κ3) is 5.48. The molecular weight excluding hydrogens is 422 g/mol. The van der Waals surface area contributed by atoms with E-state index in [2.05, 4.69) is 16.0 Å². The van der Waals surface area contributed by atoms with Gasteiger partial charge in [0.05, 0.1) is 29.6 Å². The first-order chi connectivity index (χ1) is 15.7. The Hall–Kier alpha value is -3.32. The van der Waals surface area contributed by atoms with Gasteiger partial charge >= 0.3 is 0 Å². The molecule has 0 fully saturated rings. The van der Waals surface area contributed by atoms with Crippen LogP contribution in [0.5, 0.6) is 11.5 Å². The summed E-state index contributed by atoms with van der Waals surface area (Å²) in [5.74, 6) is 2.64. The van der Waals surface area contributed by atoms with E-state index in [1.807, 2.05) is 60.0 Å². The number of nitrogens with one attached hydrogen (secondary N) is 1. The molecule has 4 aromatic rings. The maximum absolute atomic E-state index is 12.2. The summed E-state index contributed by atoms with van der Waals surface area (Å²) in [6.45, 7) is 2.08. The average molecular weight is 450 g/mol. The van der Waals surface area contributed by atoms with E-state index in [0.717, 1.165) is 52.6 Å². The number of unbranched alkanes of at least 4 members (excludes halogenated alkanes) is 1. The lowest BCUT2D eigenvalue weighted by atomic mass is 10.2. The number of amides is 1. The van der Waals surface area contributed by atoms with Gasteiger partial charge in [0.1, 0.15) is 17.3 Å². The Morgan fingerprint density at radius 3 is 2.62 bits per heavy atom. The van der Waals surface area contributed by atoms with Gasteiger partial charge in [0.15, 0.2) is 0 Å². The molecule has 0 aliphatic rings. The van der Waals surface area contributed by atoms with Crippen LogP contribution in [0.15, 0.2) is 66.0 Å². The first-order valence-electron chi connectivity index (χ1n) is 10.8. The van der Waals surface area contributed by atoms with Gasteiger partial charge in [-0.15, -0.1) is 11.3 Å². The van der Waals surface area contributed by atoms with Crippen molar-refractivity contribution in [2.45, 2.75) is 25.8 Å². The molecule has 0 bridgehead atoms. The molecule has 2 heterocycles. The van der Waals surface area contributed by atoms with E-state index >= 15 is 0 Å². The van der Waals surface area contributed by atoms with Crippen LogP contribution in [0.3, 0.4) is 0 Å². The standard InChI is InChI=1S/C25H27N3O3S/c1-30-19-10-12-20(13-11-19)31-17-5-4-16-28-22-8-3-2-7-21(22)27-24(28)14-15-26-25(29)23-9-6-18-32-23/h2-3,6-13,18H,4-5,14-17H2,1H3,(H,26,29). The number of imidazole rings is 1. The van der Waals surface area contributed by atoms with Crippen molar-refractivity contribution in [3.8, 4) is 11.5 Å². The Morgan fingerprint density at radius 1 is 1.03 bits per heavy atom. The normalized spacial score (nSPS) is 10.9. The Bertz CT molecular complexity index is 1140. The molecule has 0 spiro atoms. The summed E-state index contributed by atoms with van der Waals surface area (Å²) >= 11 is 1.45. The molecule has 2 aromatic carbocycles. The molecule has 1 N–H and O–H groups in total. The van der Waals surface area contributed by atoms with Crippen LogP contribution in [0.25, 0.3) is 11.0 Å². The smallest absolute Gasteiger partial charge is 0.261 e. The highest BCUT2D eigenvalue weighted by atomic mass is 32.1. The minimum atomic E-state index is -0.0293. The van der Waals surface area contributed by atoms with Gasteiger partial charge in [-0.25, -0.2) is 4.98 Å². The molecule has 0 aliphatic carbocycles. The van der Waals surface area contributed by atoms with Crippen LogP contribution >= 0.6 is 11.3 Å². The minimum absolute atomic E-state index is 0.0293. The third-order valence-corrected chi connectivity index (χ3v) is 6.09. The first kappa shape index (κ1) is 21.9. The summed E-state index contributed by atoms with van der Waals surface area (Å²) in [4.78, 5) is 17.7. The fraction of sp³-hybridized carbons (Fsp3) is 0.280. The van der Waals surface area contributed by atoms with Crippen LogP contribution in [0.2, 0.25) is 0 Å². The summed E-state index contributed by atoms with van der Waals surface area (Å²) in [6.07, 6.45) is 2.60. The molecule has 6 nitrogen and oxygen atoms in total. The lowest BCUT2D eigenvalue weighted by Crippen LogP contribution is -2.25. The molecule has 0 aliphatic heterocycles. The van der Waals surface area contributed by atoms with Crippen molar-refractivity contribution in [3.05, 3.63) is 76.7 Å². The van der Waals surface area contributed by atoms with Crippen LogP contribution < -0.4 is 14.8 Å². The van der Waals surface area contributed by atoms with Crippen LogP contribution in [0, 0.1) is 0 Å². The van der Waals surface area contributed by atoms with Gasteiger partial charge in [-0.2, -0.15) is 0 Å². The molecule has 0 radical (unpaired) electrons. The Morgan fingerprint density at radius 2 is 1.84 bits per heavy atom. The number of benzene rings is 2. The Kier molecular flexibility index (Phi) is 7.40. The topological polar surface area (TPSA) is 65.4 Å². The molecule has 4 rings (SSSR count). The number of rotatable bonds is 11. The van der Waals surface area contributed by atoms with Crippen LogP contribution in [0.1, 0.15) is 28.3 Å². The Labute approximate surface area is 191 Å². The number of carbonyl (C=O) groups excluding carboxylic acids is 1. The maximum Gasteiger partial charge on any atom is 0.261 e. The number of methoxy groups -OCH3 is 1. The summed E-state index contributed by atoms with van der Waals surface area (Å²) in [6, 6.07) is 19.5. The number of para-hydroxylation sites is 2. The number of carbonyl (C=O) groups is 1. The van der Waals surface area contributed by atoms with Gasteiger partial charge < -0.3 is 19.4 Å². The van der Waals surface area contributed by atoms with Gasteiger partial charge in [-0.05, 0) is 60.7 Å². The van der Waals surface area contributed by atoms with Crippen molar-refractivity contribution in [2.24, 2.45) is 0 Å². The van der Waals surface area contributed by atoms with Crippen molar-refractivity contribution in [2.75, 3.05) is 20.3 Å². The molecule has 2 aromatic heterocycles. The highest BCUT2D eigenvalue weighted by Crippen LogP contribution is 2.19. The molecule has 0 saturated carbocycles. The second kappa shape index (κ2) is 10.8. The molecule has 0 unspecified atom stereocenters.